The van der Waals surface area contributed by atoms with E-state index in [1.807, 2.05) is 20.8 Å². The van der Waals surface area contributed by atoms with Crippen molar-refractivity contribution in [1.29, 1.82) is 0 Å². The molecule has 7 fully saturated rings. The Kier molecular flexibility index (Phi) is 15.7. The molecule has 0 amide bonds. The van der Waals surface area contributed by atoms with Crippen LogP contribution < -0.4 is 0 Å². The summed E-state index contributed by atoms with van der Waals surface area (Å²) in [6.45, 7) is 15.5. The number of ether oxygens (including phenoxy) is 6. The third-order valence-electron chi connectivity index (χ3n) is 18.8. The second kappa shape index (κ2) is 19.6. The van der Waals surface area contributed by atoms with Gasteiger partial charge in [0, 0.05) is 0 Å². The fourth-order valence-corrected chi connectivity index (χ4v) is 14.9. The quantitative estimate of drug-likeness (QED) is 0.0853. The number of rotatable bonds is 13. The van der Waals surface area contributed by atoms with Crippen molar-refractivity contribution in [1.82, 2.24) is 0 Å². The van der Waals surface area contributed by atoms with Crippen LogP contribution in [0.15, 0.2) is 11.6 Å². The van der Waals surface area contributed by atoms with E-state index in [-0.39, 0.29) is 39.9 Å². The smallest absolute Gasteiger partial charge is 0.187 e. The van der Waals surface area contributed by atoms with Crippen LogP contribution in [0, 0.1) is 45.3 Å². The molecule has 4 aliphatic carbocycles. The first-order chi connectivity index (χ1) is 30.8. The number of hydrogen-bond donors (Lipinski definition) is 12. The Morgan fingerprint density at radius 3 is 1.71 bits per heavy atom. The maximum atomic E-state index is 12.7. The lowest BCUT2D eigenvalue weighted by molar-refractivity contribution is -0.378. The average Bonchev–Trinajstić information content (AvgIpc) is 3.65. The summed E-state index contributed by atoms with van der Waals surface area (Å²) >= 11 is 0. The fourth-order valence-electron chi connectivity index (χ4n) is 14.9. The zero-order chi connectivity index (χ0) is 48.6. The van der Waals surface area contributed by atoms with Gasteiger partial charge >= 0.3 is 0 Å². The lowest BCUT2D eigenvalue weighted by atomic mass is 9.35. The Morgan fingerprint density at radius 2 is 1.14 bits per heavy atom. The summed E-state index contributed by atoms with van der Waals surface area (Å²) in [6.07, 6.45) is -15.4. The van der Waals surface area contributed by atoms with E-state index >= 15 is 0 Å². The third kappa shape index (κ3) is 8.79. The molecule has 25 atom stereocenters. The normalized spacial score (nSPS) is 52.4. The minimum atomic E-state index is -1.79. The summed E-state index contributed by atoms with van der Waals surface area (Å²) in [6, 6.07) is 0. The second-order valence-corrected chi connectivity index (χ2v) is 22.9. The molecule has 382 valence electrons. The molecule has 0 aromatic heterocycles. The van der Waals surface area contributed by atoms with Gasteiger partial charge in [0.2, 0.25) is 0 Å². The lowest BCUT2D eigenvalue weighted by Gasteiger charge is -2.71. The summed E-state index contributed by atoms with van der Waals surface area (Å²) in [5.41, 5.74) is -1.12. The van der Waals surface area contributed by atoms with E-state index in [0.29, 0.717) is 25.7 Å². The van der Waals surface area contributed by atoms with Gasteiger partial charge in [-0.2, -0.15) is 0 Å². The van der Waals surface area contributed by atoms with Gasteiger partial charge in [-0.25, -0.2) is 0 Å². The number of hydrogen-bond acceptors (Lipinski definition) is 18. The van der Waals surface area contributed by atoms with Crippen LogP contribution in [0.3, 0.4) is 0 Å². The minimum Gasteiger partial charge on any atom is -0.394 e. The highest BCUT2D eigenvalue weighted by molar-refractivity contribution is 5.20. The number of fused-ring (bicyclic) bond motifs is 5. The Labute approximate surface area is 388 Å². The van der Waals surface area contributed by atoms with Crippen LogP contribution >= 0.6 is 0 Å². The predicted molar refractivity (Wildman–Crippen MR) is 234 cm³/mol. The van der Waals surface area contributed by atoms with Crippen molar-refractivity contribution < 1.29 is 89.7 Å². The van der Waals surface area contributed by atoms with Crippen molar-refractivity contribution in [3.8, 4) is 0 Å². The van der Waals surface area contributed by atoms with Crippen LogP contribution in [0.25, 0.3) is 0 Å². The summed E-state index contributed by atoms with van der Waals surface area (Å²) in [4.78, 5) is 0. The highest BCUT2D eigenvalue weighted by Gasteiger charge is 2.72. The standard InChI is InChI=1S/C48H82O18/c1-22(2)10-9-14-48(8,66-42-39(60)36(57)33(54)26(20-50)62-42)23-11-16-47(7)31(23)24(52)18-29-45(5)15-13-30(44(3,4)28(45)12-17-46(29,47)6)64-43-40(37(58)34(55)27(21-51)63-43)65-41-38(59)35(56)32(53)25(19-49)61-41/h10,23-43,49-60H,9,11-21H2,1-8H3/t23-,24+,25+,26+,27+,28-,29+,30-,31-,32+,33+,34+,35-,36-,37-,38+,39+,40+,41-,42-,43-,45+,46+,47+,48-/m0/s1. The van der Waals surface area contributed by atoms with Crippen molar-refractivity contribution in [3.63, 3.8) is 0 Å². The molecule has 0 spiro atoms. The summed E-state index contributed by atoms with van der Waals surface area (Å²) in [5, 5.41) is 129. The molecule has 18 heteroatoms. The molecule has 0 aromatic carbocycles. The van der Waals surface area contributed by atoms with Gasteiger partial charge in [0.25, 0.3) is 0 Å². The van der Waals surface area contributed by atoms with Crippen molar-refractivity contribution in [2.24, 2.45) is 45.3 Å². The van der Waals surface area contributed by atoms with E-state index in [0.717, 1.165) is 37.7 Å². The van der Waals surface area contributed by atoms with Crippen LogP contribution in [0.1, 0.15) is 113 Å². The first kappa shape index (κ1) is 52.8. The van der Waals surface area contributed by atoms with Crippen LogP contribution in [0.4, 0.5) is 0 Å². The number of aliphatic hydroxyl groups excluding tert-OH is 12. The molecule has 7 aliphatic rings. The second-order valence-electron chi connectivity index (χ2n) is 22.9. The van der Waals surface area contributed by atoms with E-state index in [2.05, 4.69) is 40.7 Å². The maximum absolute atomic E-state index is 12.7. The molecule has 12 N–H and O–H groups in total. The van der Waals surface area contributed by atoms with Gasteiger partial charge in [-0.1, -0.05) is 46.3 Å². The molecule has 3 aliphatic heterocycles. The summed E-state index contributed by atoms with van der Waals surface area (Å²) in [5.74, 6) is -0.151. The fraction of sp³-hybridized carbons (Fsp3) is 0.958. The SMILES string of the molecule is CC(C)=CCC[C@](C)(O[C@@H]1O[C@H](CO)[C@@H](O)[C@H](O)[C@H]1O)[C@H]1CC[C@]2(C)[C@@H]1[C@H](O)C[C@@H]1[C@]3(C)CC[C@H](O[C@@H]4O[C@H](CO)[C@@H](O)[C@H](O)[C@H]4O[C@@H]4O[C@H](CO)[C@@H](O)[C@H](O)[C@H]4O)C(C)(C)[C@@H]3CC[C@]12C. The van der Waals surface area contributed by atoms with Gasteiger partial charge in [0.1, 0.15) is 73.2 Å². The van der Waals surface area contributed by atoms with Crippen LogP contribution in [0.5, 0.6) is 0 Å². The third-order valence-corrected chi connectivity index (χ3v) is 18.8. The molecule has 3 saturated heterocycles. The lowest BCUT2D eigenvalue weighted by Crippen LogP contribution is -2.68. The van der Waals surface area contributed by atoms with Gasteiger partial charge in [-0.3, -0.25) is 0 Å². The van der Waals surface area contributed by atoms with Crippen molar-refractivity contribution in [2.45, 2.75) is 223 Å². The zero-order valence-corrected chi connectivity index (χ0v) is 40.0. The molecule has 3 heterocycles. The molecule has 0 aromatic rings. The number of allylic oxidation sites excluding steroid dienone is 2. The van der Waals surface area contributed by atoms with Crippen LogP contribution in [0.2, 0.25) is 0 Å². The molecule has 66 heavy (non-hydrogen) atoms. The van der Waals surface area contributed by atoms with Gasteiger partial charge in [-0.15, -0.1) is 0 Å². The molecular weight excluding hydrogens is 865 g/mol. The first-order valence-electron chi connectivity index (χ1n) is 24.4. The van der Waals surface area contributed by atoms with Gasteiger partial charge in [0.05, 0.1) is 37.6 Å². The first-order valence-corrected chi connectivity index (χ1v) is 24.4. The Hall–Kier alpha value is -0.980. The van der Waals surface area contributed by atoms with Crippen LogP contribution in [-0.4, -0.2) is 191 Å². The summed E-state index contributed by atoms with van der Waals surface area (Å²) < 4.78 is 37.2. The average molecular weight is 947 g/mol. The minimum absolute atomic E-state index is 0.0905. The maximum Gasteiger partial charge on any atom is 0.187 e. The van der Waals surface area contributed by atoms with E-state index in [9.17, 15) is 61.3 Å². The molecule has 7 rings (SSSR count). The van der Waals surface area contributed by atoms with Crippen LogP contribution in [-0.2, 0) is 28.4 Å². The monoisotopic (exact) mass is 947 g/mol. The van der Waals surface area contributed by atoms with E-state index in [1.54, 1.807) is 0 Å². The van der Waals surface area contributed by atoms with Gasteiger partial charge in [-0.05, 0) is 124 Å². The van der Waals surface area contributed by atoms with Gasteiger partial charge < -0.3 is 89.7 Å². The van der Waals surface area contributed by atoms with E-state index in [1.165, 1.54) is 0 Å². The van der Waals surface area contributed by atoms with E-state index < -0.39 is 135 Å². The van der Waals surface area contributed by atoms with Crippen molar-refractivity contribution in [2.75, 3.05) is 19.8 Å². The van der Waals surface area contributed by atoms with Crippen molar-refractivity contribution >= 4 is 0 Å². The Bertz CT molecular complexity index is 1680. The molecule has 18 nitrogen and oxygen atoms in total. The Balaban J connectivity index is 1.13. The number of aliphatic hydroxyl groups is 12. The molecule has 4 saturated carbocycles. The Morgan fingerprint density at radius 1 is 0.606 bits per heavy atom. The topological polar surface area (TPSA) is 298 Å². The van der Waals surface area contributed by atoms with E-state index in [4.69, 9.17) is 28.4 Å². The molecule has 0 radical (unpaired) electrons. The molecule has 0 unspecified atom stereocenters. The zero-order valence-electron chi connectivity index (χ0n) is 40.0. The molecule has 0 bridgehead atoms. The van der Waals surface area contributed by atoms with Gasteiger partial charge in [0.15, 0.2) is 18.9 Å². The molecular formula is C48H82O18. The predicted octanol–water partition coefficient (Wildman–Crippen LogP) is -0.0268. The highest BCUT2D eigenvalue weighted by Crippen LogP contribution is 2.76. The highest BCUT2D eigenvalue weighted by atomic mass is 16.8. The largest absolute Gasteiger partial charge is 0.394 e. The summed E-state index contributed by atoms with van der Waals surface area (Å²) in [7, 11) is 0. The van der Waals surface area contributed by atoms with Crippen molar-refractivity contribution in [3.05, 3.63) is 11.6 Å².